The fourth-order valence-corrected chi connectivity index (χ4v) is 3.74. The van der Waals surface area contributed by atoms with Crippen molar-refractivity contribution in [2.75, 3.05) is 27.3 Å². The number of ether oxygens (including phenoxy) is 2. The summed E-state index contributed by atoms with van der Waals surface area (Å²) in [6.45, 7) is 3.97. The molecule has 1 heterocycles. The van der Waals surface area contributed by atoms with E-state index in [-0.39, 0.29) is 5.91 Å². The molecule has 1 aliphatic heterocycles. The number of amides is 1. The highest BCUT2D eigenvalue weighted by molar-refractivity contribution is 5.97. The number of hydrogen-bond donors (Lipinski definition) is 1. The number of methoxy groups -OCH3 is 2. The summed E-state index contributed by atoms with van der Waals surface area (Å²) < 4.78 is 10.6. The SMILES string of the molecule is COc1cccc(C(=O)NCCCCCCN2Cc3ccccc3C2)c1OC. The van der Waals surface area contributed by atoms with Crippen LogP contribution in [0.2, 0.25) is 0 Å². The summed E-state index contributed by atoms with van der Waals surface area (Å²) in [6.07, 6.45) is 4.49. The van der Waals surface area contributed by atoms with E-state index in [0.717, 1.165) is 32.5 Å². The van der Waals surface area contributed by atoms with Crippen LogP contribution in [0.25, 0.3) is 0 Å². The Morgan fingerprint density at radius 3 is 2.32 bits per heavy atom. The highest BCUT2D eigenvalue weighted by Gasteiger charge is 2.17. The molecule has 5 heteroatoms. The summed E-state index contributed by atoms with van der Waals surface area (Å²) in [6, 6.07) is 14.0. The number of unbranched alkanes of at least 4 members (excludes halogenated alkanes) is 3. The monoisotopic (exact) mass is 382 g/mol. The summed E-state index contributed by atoms with van der Waals surface area (Å²) in [5.41, 5.74) is 3.45. The van der Waals surface area contributed by atoms with Gasteiger partial charge in [0.25, 0.3) is 5.91 Å². The zero-order chi connectivity index (χ0) is 19.8. The average Bonchev–Trinajstić information content (AvgIpc) is 3.15. The Morgan fingerprint density at radius 2 is 1.64 bits per heavy atom. The van der Waals surface area contributed by atoms with Gasteiger partial charge in [-0.15, -0.1) is 0 Å². The van der Waals surface area contributed by atoms with E-state index in [1.807, 2.05) is 0 Å². The number of hydrogen-bond acceptors (Lipinski definition) is 4. The van der Waals surface area contributed by atoms with Crippen LogP contribution in [0.15, 0.2) is 42.5 Å². The molecule has 0 aromatic heterocycles. The molecule has 0 fully saturated rings. The minimum absolute atomic E-state index is 0.120. The molecular weight excluding hydrogens is 352 g/mol. The Hall–Kier alpha value is -2.53. The molecule has 0 aliphatic carbocycles. The lowest BCUT2D eigenvalue weighted by molar-refractivity contribution is 0.0949. The summed E-state index contributed by atoms with van der Waals surface area (Å²) in [4.78, 5) is 14.9. The van der Waals surface area contributed by atoms with Crippen LogP contribution < -0.4 is 14.8 Å². The molecule has 0 atom stereocenters. The number of carbonyl (C=O) groups excluding carboxylic acids is 1. The van der Waals surface area contributed by atoms with E-state index in [4.69, 9.17) is 9.47 Å². The predicted molar refractivity (Wildman–Crippen MR) is 111 cm³/mol. The lowest BCUT2D eigenvalue weighted by Crippen LogP contribution is -2.25. The Morgan fingerprint density at radius 1 is 0.929 bits per heavy atom. The van der Waals surface area contributed by atoms with E-state index >= 15 is 0 Å². The number of nitrogens with one attached hydrogen (secondary N) is 1. The molecule has 0 radical (unpaired) electrons. The molecule has 0 saturated heterocycles. The van der Waals surface area contributed by atoms with Gasteiger partial charge >= 0.3 is 0 Å². The Kier molecular flexibility index (Phi) is 7.31. The first kappa shape index (κ1) is 20.2. The van der Waals surface area contributed by atoms with E-state index in [0.29, 0.717) is 23.6 Å². The third-order valence-electron chi connectivity index (χ3n) is 5.24. The molecule has 150 valence electrons. The van der Waals surface area contributed by atoms with Gasteiger partial charge < -0.3 is 14.8 Å². The second kappa shape index (κ2) is 10.1. The smallest absolute Gasteiger partial charge is 0.255 e. The number of nitrogens with zero attached hydrogens (tertiary/aromatic N) is 1. The van der Waals surface area contributed by atoms with Crippen molar-refractivity contribution in [3.8, 4) is 11.5 Å². The fourth-order valence-electron chi connectivity index (χ4n) is 3.74. The second-order valence-corrected chi connectivity index (χ2v) is 7.19. The van der Waals surface area contributed by atoms with Gasteiger partial charge in [0.1, 0.15) is 0 Å². The number of rotatable bonds is 10. The molecule has 0 saturated carbocycles. The fraction of sp³-hybridized carbons (Fsp3) is 0.435. The Balaban J connectivity index is 1.31. The van der Waals surface area contributed by atoms with Gasteiger partial charge in [0.05, 0.1) is 19.8 Å². The predicted octanol–water partition coefficient (Wildman–Crippen LogP) is 4.01. The zero-order valence-corrected chi connectivity index (χ0v) is 16.9. The maximum absolute atomic E-state index is 12.4. The lowest BCUT2D eigenvalue weighted by Gasteiger charge is -2.14. The van der Waals surface area contributed by atoms with Gasteiger partial charge in [-0.25, -0.2) is 0 Å². The van der Waals surface area contributed by atoms with Crippen molar-refractivity contribution in [3.63, 3.8) is 0 Å². The molecule has 1 N–H and O–H groups in total. The molecule has 2 aromatic carbocycles. The molecule has 0 unspecified atom stereocenters. The molecule has 2 aromatic rings. The Bertz CT molecular complexity index is 766. The maximum Gasteiger partial charge on any atom is 0.255 e. The Labute approximate surface area is 167 Å². The number of fused-ring (bicyclic) bond motifs is 1. The molecular formula is C23H30N2O3. The van der Waals surface area contributed by atoms with Gasteiger partial charge in [0.2, 0.25) is 0 Å². The van der Waals surface area contributed by atoms with Crippen molar-refractivity contribution in [2.45, 2.75) is 38.8 Å². The number of carbonyl (C=O) groups is 1. The van der Waals surface area contributed by atoms with Crippen LogP contribution in [-0.2, 0) is 13.1 Å². The third-order valence-corrected chi connectivity index (χ3v) is 5.24. The minimum atomic E-state index is -0.120. The molecule has 5 nitrogen and oxygen atoms in total. The molecule has 0 bridgehead atoms. The van der Waals surface area contributed by atoms with Gasteiger partial charge in [-0.3, -0.25) is 9.69 Å². The first-order valence-corrected chi connectivity index (χ1v) is 10.0. The van der Waals surface area contributed by atoms with E-state index in [1.165, 1.54) is 24.0 Å². The largest absolute Gasteiger partial charge is 0.493 e. The summed E-state index contributed by atoms with van der Waals surface area (Å²) in [5.74, 6) is 0.930. The lowest BCUT2D eigenvalue weighted by atomic mass is 10.1. The highest BCUT2D eigenvalue weighted by atomic mass is 16.5. The molecule has 0 spiro atoms. The van der Waals surface area contributed by atoms with Crippen LogP contribution in [0.1, 0.15) is 47.2 Å². The maximum atomic E-state index is 12.4. The molecule has 3 rings (SSSR count). The van der Waals surface area contributed by atoms with Gasteiger partial charge in [-0.2, -0.15) is 0 Å². The van der Waals surface area contributed by atoms with Gasteiger partial charge in [0, 0.05) is 19.6 Å². The van der Waals surface area contributed by atoms with Crippen LogP contribution in [0, 0.1) is 0 Å². The van der Waals surface area contributed by atoms with Crippen LogP contribution in [-0.4, -0.2) is 38.1 Å². The van der Waals surface area contributed by atoms with Crippen LogP contribution >= 0.6 is 0 Å². The molecule has 1 amide bonds. The van der Waals surface area contributed by atoms with E-state index in [1.54, 1.807) is 32.4 Å². The van der Waals surface area contributed by atoms with Gasteiger partial charge in [-0.05, 0) is 42.6 Å². The van der Waals surface area contributed by atoms with Gasteiger partial charge in [0.15, 0.2) is 11.5 Å². The standard InChI is InChI=1S/C23H30N2O3/c1-27-21-13-9-12-20(22(21)28-2)23(26)24-14-7-3-4-8-15-25-16-18-10-5-6-11-19(18)17-25/h5-6,9-13H,3-4,7-8,14-17H2,1-2H3,(H,24,26). The molecule has 28 heavy (non-hydrogen) atoms. The highest BCUT2D eigenvalue weighted by Crippen LogP contribution is 2.30. The topological polar surface area (TPSA) is 50.8 Å². The van der Waals surface area contributed by atoms with Crippen molar-refractivity contribution in [2.24, 2.45) is 0 Å². The van der Waals surface area contributed by atoms with Crippen LogP contribution in [0.3, 0.4) is 0 Å². The van der Waals surface area contributed by atoms with E-state index in [9.17, 15) is 4.79 Å². The van der Waals surface area contributed by atoms with Crippen molar-refractivity contribution in [1.82, 2.24) is 10.2 Å². The summed E-state index contributed by atoms with van der Waals surface area (Å²) >= 11 is 0. The van der Waals surface area contributed by atoms with Crippen molar-refractivity contribution < 1.29 is 14.3 Å². The number of benzene rings is 2. The van der Waals surface area contributed by atoms with Crippen molar-refractivity contribution >= 4 is 5.91 Å². The zero-order valence-electron chi connectivity index (χ0n) is 16.9. The van der Waals surface area contributed by atoms with Crippen molar-refractivity contribution in [3.05, 3.63) is 59.2 Å². The van der Waals surface area contributed by atoms with E-state index in [2.05, 4.69) is 34.5 Å². The normalized spacial score (nSPS) is 13.2. The van der Waals surface area contributed by atoms with Crippen molar-refractivity contribution in [1.29, 1.82) is 0 Å². The summed E-state index contributed by atoms with van der Waals surface area (Å²) in [7, 11) is 3.12. The first-order valence-electron chi connectivity index (χ1n) is 10.0. The minimum Gasteiger partial charge on any atom is -0.493 e. The quantitative estimate of drug-likeness (QED) is 0.631. The second-order valence-electron chi connectivity index (χ2n) is 7.19. The number of para-hydroxylation sites is 1. The summed E-state index contributed by atoms with van der Waals surface area (Å²) in [5, 5.41) is 2.98. The van der Waals surface area contributed by atoms with Crippen LogP contribution in [0.5, 0.6) is 11.5 Å². The molecule has 1 aliphatic rings. The first-order chi connectivity index (χ1) is 13.7. The van der Waals surface area contributed by atoms with Crippen LogP contribution in [0.4, 0.5) is 0 Å². The van der Waals surface area contributed by atoms with E-state index < -0.39 is 0 Å². The average molecular weight is 383 g/mol. The third kappa shape index (κ3) is 5.04. The van der Waals surface area contributed by atoms with Gasteiger partial charge in [-0.1, -0.05) is 43.2 Å².